The highest BCUT2D eigenvalue weighted by Crippen LogP contribution is 1.96. The summed E-state index contributed by atoms with van der Waals surface area (Å²) in [5.74, 6) is 0. The van der Waals surface area contributed by atoms with Crippen molar-refractivity contribution in [2.75, 3.05) is 18.5 Å². The Morgan fingerprint density at radius 1 is 1.67 bits per heavy atom. The summed E-state index contributed by atoms with van der Waals surface area (Å²) in [7, 11) is 0. The first-order chi connectivity index (χ1) is 4.31. The van der Waals surface area contributed by atoms with Gasteiger partial charge in [0.2, 0.25) is 0 Å². The van der Waals surface area contributed by atoms with E-state index in [4.69, 9.17) is 4.74 Å². The molecule has 0 rings (SSSR count). The van der Waals surface area contributed by atoms with Crippen molar-refractivity contribution >= 4 is 15.9 Å². The normalized spacial score (nSPS) is 12.1. The second-order valence-electron chi connectivity index (χ2n) is 1.84. The minimum atomic E-state index is 0.744. The Bertz CT molecular complexity index is 88.9. The van der Waals surface area contributed by atoms with Gasteiger partial charge in [-0.3, -0.25) is 0 Å². The fraction of sp³-hybridized carbons (Fsp3) is 0.714. The fourth-order valence-electron chi connectivity index (χ4n) is 0.374. The van der Waals surface area contributed by atoms with Gasteiger partial charge in [-0.15, -0.1) is 0 Å². The molecule has 9 heavy (non-hydrogen) atoms. The number of alkyl halides is 1. The third-order valence-electron chi connectivity index (χ3n) is 0.965. The Hall–Kier alpha value is 0.180. The highest BCUT2D eigenvalue weighted by atomic mass is 79.9. The van der Waals surface area contributed by atoms with Crippen LogP contribution in [0, 0.1) is 0 Å². The summed E-state index contributed by atoms with van der Waals surface area (Å²) in [4.78, 5) is 0. The third-order valence-corrected chi connectivity index (χ3v) is 1.85. The Kier molecular flexibility index (Phi) is 6.43. The van der Waals surface area contributed by atoms with E-state index in [1.165, 1.54) is 5.57 Å². The molecule has 0 aliphatic rings. The zero-order chi connectivity index (χ0) is 7.11. The Morgan fingerprint density at radius 3 is 2.78 bits per heavy atom. The fourth-order valence-corrected chi connectivity index (χ4v) is 0.603. The molecule has 0 spiro atoms. The van der Waals surface area contributed by atoms with Crippen molar-refractivity contribution in [3.63, 3.8) is 0 Å². The second-order valence-corrected chi connectivity index (χ2v) is 2.40. The van der Waals surface area contributed by atoms with Gasteiger partial charge in [0.1, 0.15) is 0 Å². The molecule has 0 atom stereocenters. The summed E-state index contributed by atoms with van der Waals surface area (Å²) in [5, 5.41) is 0.945. The molecular weight excluding hydrogens is 180 g/mol. The van der Waals surface area contributed by atoms with E-state index in [1.807, 2.05) is 6.92 Å². The Balaban J connectivity index is 3.21. The van der Waals surface area contributed by atoms with Gasteiger partial charge in [0.15, 0.2) is 0 Å². The first kappa shape index (κ1) is 9.18. The van der Waals surface area contributed by atoms with Crippen molar-refractivity contribution in [1.82, 2.24) is 0 Å². The minimum Gasteiger partial charge on any atom is -0.378 e. The van der Waals surface area contributed by atoms with E-state index in [1.54, 1.807) is 0 Å². The molecular formula is C7H13BrO. The van der Waals surface area contributed by atoms with Gasteiger partial charge in [-0.1, -0.05) is 27.6 Å². The third kappa shape index (κ3) is 6.06. The summed E-state index contributed by atoms with van der Waals surface area (Å²) in [6.45, 7) is 5.62. The maximum atomic E-state index is 5.11. The summed E-state index contributed by atoms with van der Waals surface area (Å²) in [5.41, 5.74) is 1.32. The van der Waals surface area contributed by atoms with Gasteiger partial charge < -0.3 is 4.74 Å². The maximum absolute atomic E-state index is 5.11. The lowest BCUT2D eigenvalue weighted by molar-refractivity contribution is 0.177. The van der Waals surface area contributed by atoms with E-state index in [9.17, 15) is 0 Å². The SMILES string of the molecule is CCOCC=C(C)CBr. The van der Waals surface area contributed by atoms with E-state index < -0.39 is 0 Å². The van der Waals surface area contributed by atoms with Crippen molar-refractivity contribution < 1.29 is 4.74 Å². The molecule has 0 heterocycles. The lowest BCUT2D eigenvalue weighted by atomic mass is 10.3. The molecule has 1 nitrogen and oxygen atoms in total. The molecule has 0 aromatic rings. The largest absolute Gasteiger partial charge is 0.378 e. The van der Waals surface area contributed by atoms with Crippen molar-refractivity contribution in [1.29, 1.82) is 0 Å². The highest BCUT2D eigenvalue weighted by Gasteiger charge is 1.82. The van der Waals surface area contributed by atoms with Gasteiger partial charge in [0, 0.05) is 11.9 Å². The molecule has 0 bridgehead atoms. The molecule has 0 aliphatic heterocycles. The van der Waals surface area contributed by atoms with Gasteiger partial charge in [0.25, 0.3) is 0 Å². The van der Waals surface area contributed by atoms with E-state index in [2.05, 4.69) is 28.9 Å². The predicted octanol–water partition coefficient (Wildman–Crippen LogP) is 2.36. The quantitative estimate of drug-likeness (QED) is 0.378. The van der Waals surface area contributed by atoms with Crippen LogP contribution < -0.4 is 0 Å². The average molecular weight is 193 g/mol. The molecule has 0 fully saturated rings. The average Bonchev–Trinajstić information content (AvgIpc) is 1.89. The van der Waals surface area contributed by atoms with Crippen molar-refractivity contribution in [2.45, 2.75) is 13.8 Å². The second kappa shape index (κ2) is 6.30. The topological polar surface area (TPSA) is 9.23 Å². The molecule has 54 valence electrons. The monoisotopic (exact) mass is 192 g/mol. The van der Waals surface area contributed by atoms with Crippen LogP contribution in [0.2, 0.25) is 0 Å². The summed E-state index contributed by atoms with van der Waals surface area (Å²) >= 11 is 3.34. The number of ether oxygens (including phenoxy) is 1. The summed E-state index contributed by atoms with van der Waals surface area (Å²) in [6.07, 6.45) is 2.08. The molecule has 0 N–H and O–H groups in total. The molecule has 0 saturated heterocycles. The van der Waals surface area contributed by atoms with Crippen molar-refractivity contribution in [3.8, 4) is 0 Å². The van der Waals surface area contributed by atoms with Gasteiger partial charge in [-0.05, 0) is 13.8 Å². The number of halogens is 1. The number of hydrogen-bond acceptors (Lipinski definition) is 1. The van der Waals surface area contributed by atoms with Crippen LogP contribution in [-0.4, -0.2) is 18.5 Å². The van der Waals surface area contributed by atoms with E-state index in [-0.39, 0.29) is 0 Å². The molecule has 0 saturated carbocycles. The zero-order valence-electron chi connectivity index (χ0n) is 5.98. The van der Waals surface area contributed by atoms with Gasteiger partial charge in [0.05, 0.1) is 6.61 Å². The molecule has 0 unspecified atom stereocenters. The van der Waals surface area contributed by atoms with Crippen molar-refractivity contribution in [2.24, 2.45) is 0 Å². The standard InChI is InChI=1S/C7H13BrO/c1-3-9-5-4-7(2)6-8/h4H,3,5-6H2,1-2H3. The maximum Gasteiger partial charge on any atom is 0.0650 e. The van der Waals surface area contributed by atoms with E-state index in [0.29, 0.717) is 0 Å². The first-order valence-electron chi connectivity index (χ1n) is 3.10. The van der Waals surface area contributed by atoms with E-state index in [0.717, 1.165) is 18.5 Å². The number of hydrogen-bond donors (Lipinski definition) is 0. The van der Waals surface area contributed by atoms with Crippen LogP contribution in [0.15, 0.2) is 11.6 Å². The van der Waals surface area contributed by atoms with Gasteiger partial charge in [-0.2, -0.15) is 0 Å². The predicted molar refractivity (Wildman–Crippen MR) is 44.0 cm³/mol. The van der Waals surface area contributed by atoms with Gasteiger partial charge in [-0.25, -0.2) is 0 Å². The summed E-state index contributed by atoms with van der Waals surface area (Å²) in [6, 6.07) is 0. The highest BCUT2D eigenvalue weighted by molar-refractivity contribution is 9.09. The minimum absolute atomic E-state index is 0.744. The Morgan fingerprint density at radius 2 is 2.33 bits per heavy atom. The van der Waals surface area contributed by atoms with Crippen LogP contribution in [-0.2, 0) is 4.74 Å². The van der Waals surface area contributed by atoms with Crippen LogP contribution in [0.3, 0.4) is 0 Å². The van der Waals surface area contributed by atoms with Gasteiger partial charge >= 0.3 is 0 Å². The number of allylic oxidation sites excluding steroid dienone is 1. The van der Waals surface area contributed by atoms with E-state index >= 15 is 0 Å². The lowest BCUT2D eigenvalue weighted by Gasteiger charge is -1.95. The van der Waals surface area contributed by atoms with Crippen LogP contribution in [0.5, 0.6) is 0 Å². The molecule has 0 aromatic heterocycles. The van der Waals surface area contributed by atoms with Crippen LogP contribution >= 0.6 is 15.9 Å². The van der Waals surface area contributed by atoms with Crippen molar-refractivity contribution in [3.05, 3.63) is 11.6 Å². The van der Waals surface area contributed by atoms with Crippen LogP contribution in [0.4, 0.5) is 0 Å². The number of rotatable bonds is 4. The molecule has 2 heteroatoms. The van der Waals surface area contributed by atoms with Crippen LogP contribution in [0.25, 0.3) is 0 Å². The summed E-state index contributed by atoms with van der Waals surface area (Å²) < 4.78 is 5.11. The Labute approximate surface area is 65.2 Å². The molecule has 0 aromatic carbocycles. The smallest absolute Gasteiger partial charge is 0.0650 e. The molecule has 0 amide bonds. The molecule has 0 radical (unpaired) electrons. The zero-order valence-corrected chi connectivity index (χ0v) is 7.57. The lowest BCUT2D eigenvalue weighted by Crippen LogP contribution is -1.90. The first-order valence-corrected chi connectivity index (χ1v) is 4.22. The van der Waals surface area contributed by atoms with Crippen LogP contribution in [0.1, 0.15) is 13.8 Å². The molecule has 0 aliphatic carbocycles.